The molecule has 2 amide bonds. The SMILES string of the molecule is COC(CNC(=O)C(=O)NCCCCCO)OC. The lowest BCUT2D eigenvalue weighted by Gasteiger charge is -2.13. The number of methoxy groups -OCH3 is 2. The zero-order valence-electron chi connectivity index (χ0n) is 10.9. The minimum absolute atomic E-state index is 0.115. The summed E-state index contributed by atoms with van der Waals surface area (Å²) >= 11 is 0. The van der Waals surface area contributed by atoms with E-state index in [4.69, 9.17) is 14.6 Å². The van der Waals surface area contributed by atoms with Gasteiger partial charge in [-0.05, 0) is 19.3 Å². The number of carbonyl (C=O) groups is 2. The van der Waals surface area contributed by atoms with Gasteiger partial charge in [0.05, 0.1) is 6.54 Å². The fraction of sp³-hybridized carbons (Fsp3) is 0.818. The number of nitrogens with one attached hydrogen (secondary N) is 2. The fourth-order valence-electron chi connectivity index (χ4n) is 1.21. The second-order valence-corrected chi connectivity index (χ2v) is 3.65. The second kappa shape index (κ2) is 10.9. The lowest BCUT2D eigenvalue weighted by molar-refractivity contribution is -0.141. The number of carbonyl (C=O) groups excluding carboxylic acids is 2. The van der Waals surface area contributed by atoms with Crippen LogP contribution in [0.4, 0.5) is 0 Å². The quantitative estimate of drug-likeness (QED) is 0.281. The van der Waals surface area contributed by atoms with Crippen molar-refractivity contribution in [3.63, 3.8) is 0 Å². The Balaban J connectivity index is 3.66. The molecule has 0 aliphatic rings. The molecule has 0 atom stereocenters. The van der Waals surface area contributed by atoms with Gasteiger partial charge in [-0.3, -0.25) is 9.59 Å². The van der Waals surface area contributed by atoms with Crippen molar-refractivity contribution in [2.75, 3.05) is 33.9 Å². The van der Waals surface area contributed by atoms with E-state index < -0.39 is 18.1 Å². The molecule has 0 aromatic rings. The molecule has 7 heteroatoms. The first-order valence-electron chi connectivity index (χ1n) is 5.88. The van der Waals surface area contributed by atoms with Crippen LogP contribution in [-0.2, 0) is 19.1 Å². The van der Waals surface area contributed by atoms with Crippen molar-refractivity contribution in [2.24, 2.45) is 0 Å². The van der Waals surface area contributed by atoms with Crippen LogP contribution in [0.3, 0.4) is 0 Å². The highest BCUT2D eigenvalue weighted by Crippen LogP contribution is 1.92. The summed E-state index contributed by atoms with van der Waals surface area (Å²) in [4.78, 5) is 22.6. The summed E-state index contributed by atoms with van der Waals surface area (Å²) in [6.45, 7) is 0.678. The molecule has 0 rings (SSSR count). The number of unbranched alkanes of at least 4 members (excludes halogenated alkanes) is 2. The molecule has 0 spiro atoms. The molecule has 0 aliphatic carbocycles. The average molecular weight is 262 g/mol. The Bertz CT molecular complexity index is 244. The third-order valence-corrected chi connectivity index (χ3v) is 2.28. The van der Waals surface area contributed by atoms with E-state index in [1.807, 2.05) is 0 Å². The van der Waals surface area contributed by atoms with Gasteiger partial charge in [0, 0.05) is 27.4 Å². The third kappa shape index (κ3) is 7.99. The summed E-state index contributed by atoms with van der Waals surface area (Å²) in [5.41, 5.74) is 0. The Kier molecular flexibility index (Phi) is 10.2. The van der Waals surface area contributed by atoms with Crippen LogP contribution in [0.2, 0.25) is 0 Å². The van der Waals surface area contributed by atoms with E-state index in [1.165, 1.54) is 14.2 Å². The Morgan fingerprint density at radius 2 is 1.67 bits per heavy atom. The first kappa shape index (κ1) is 16.8. The summed E-state index contributed by atoms with van der Waals surface area (Å²) < 4.78 is 9.73. The summed E-state index contributed by atoms with van der Waals surface area (Å²) in [6, 6.07) is 0. The van der Waals surface area contributed by atoms with E-state index in [-0.39, 0.29) is 13.2 Å². The Morgan fingerprint density at radius 3 is 2.22 bits per heavy atom. The van der Waals surface area contributed by atoms with Gasteiger partial charge in [0.25, 0.3) is 0 Å². The van der Waals surface area contributed by atoms with Crippen molar-refractivity contribution in [3.8, 4) is 0 Å². The van der Waals surface area contributed by atoms with Gasteiger partial charge in [0.15, 0.2) is 6.29 Å². The molecule has 18 heavy (non-hydrogen) atoms. The van der Waals surface area contributed by atoms with E-state index in [9.17, 15) is 9.59 Å². The molecule has 7 nitrogen and oxygen atoms in total. The summed E-state index contributed by atoms with van der Waals surface area (Å²) in [7, 11) is 2.89. The van der Waals surface area contributed by atoms with E-state index in [0.29, 0.717) is 13.0 Å². The number of amides is 2. The van der Waals surface area contributed by atoms with Crippen LogP contribution in [-0.4, -0.2) is 57.1 Å². The zero-order valence-corrected chi connectivity index (χ0v) is 10.9. The van der Waals surface area contributed by atoms with Crippen molar-refractivity contribution in [2.45, 2.75) is 25.6 Å². The fourth-order valence-corrected chi connectivity index (χ4v) is 1.21. The smallest absolute Gasteiger partial charge is 0.309 e. The van der Waals surface area contributed by atoms with Crippen molar-refractivity contribution in [1.82, 2.24) is 10.6 Å². The van der Waals surface area contributed by atoms with E-state index in [2.05, 4.69) is 10.6 Å². The maximum atomic E-state index is 11.3. The second-order valence-electron chi connectivity index (χ2n) is 3.65. The average Bonchev–Trinajstić information content (AvgIpc) is 2.39. The predicted octanol–water partition coefficient (Wildman–Crippen LogP) is -1.000. The van der Waals surface area contributed by atoms with E-state index in [1.54, 1.807) is 0 Å². The molecule has 0 saturated heterocycles. The highest BCUT2D eigenvalue weighted by Gasteiger charge is 2.14. The normalized spacial score (nSPS) is 10.4. The monoisotopic (exact) mass is 262 g/mol. The van der Waals surface area contributed by atoms with E-state index >= 15 is 0 Å². The van der Waals surface area contributed by atoms with Crippen LogP contribution in [0.15, 0.2) is 0 Å². The molecule has 3 N–H and O–H groups in total. The molecule has 0 saturated carbocycles. The van der Waals surface area contributed by atoms with Gasteiger partial charge in [-0.25, -0.2) is 0 Å². The van der Waals surface area contributed by atoms with Gasteiger partial charge in [-0.15, -0.1) is 0 Å². The van der Waals surface area contributed by atoms with Crippen LogP contribution in [0.25, 0.3) is 0 Å². The first-order chi connectivity index (χ1) is 8.65. The maximum absolute atomic E-state index is 11.3. The molecular weight excluding hydrogens is 240 g/mol. The van der Waals surface area contributed by atoms with Gasteiger partial charge in [-0.1, -0.05) is 0 Å². The Labute approximate surface area is 107 Å². The number of hydrogen-bond donors (Lipinski definition) is 3. The molecule has 106 valence electrons. The Hall–Kier alpha value is -1.18. The Morgan fingerprint density at radius 1 is 1.06 bits per heavy atom. The molecule has 0 unspecified atom stereocenters. The summed E-state index contributed by atoms with van der Waals surface area (Å²) in [6.07, 6.45) is 1.68. The van der Waals surface area contributed by atoms with Gasteiger partial charge >= 0.3 is 11.8 Å². The minimum Gasteiger partial charge on any atom is -0.396 e. The van der Waals surface area contributed by atoms with Crippen molar-refractivity contribution in [3.05, 3.63) is 0 Å². The summed E-state index contributed by atoms with van der Waals surface area (Å²) in [5, 5.41) is 13.4. The number of aliphatic hydroxyl groups is 1. The van der Waals surface area contributed by atoms with Gasteiger partial charge in [0.1, 0.15) is 0 Å². The standard InChI is InChI=1S/C11H22N2O5/c1-17-9(18-2)8-13-11(16)10(15)12-6-4-3-5-7-14/h9,14H,3-8H2,1-2H3,(H,12,15)(H,13,16). The highest BCUT2D eigenvalue weighted by molar-refractivity contribution is 6.35. The molecular formula is C11H22N2O5. The van der Waals surface area contributed by atoms with Crippen LogP contribution in [0.1, 0.15) is 19.3 Å². The van der Waals surface area contributed by atoms with Crippen molar-refractivity contribution >= 4 is 11.8 Å². The van der Waals surface area contributed by atoms with Gasteiger partial charge < -0.3 is 25.2 Å². The number of hydrogen-bond acceptors (Lipinski definition) is 5. The lowest BCUT2D eigenvalue weighted by atomic mass is 10.2. The van der Waals surface area contributed by atoms with Crippen LogP contribution >= 0.6 is 0 Å². The maximum Gasteiger partial charge on any atom is 0.309 e. The number of ether oxygens (including phenoxy) is 2. The first-order valence-corrected chi connectivity index (χ1v) is 5.88. The minimum atomic E-state index is -0.712. The molecule has 0 aliphatic heterocycles. The van der Waals surface area contributed by atoms with Crippen LogP contribution in [0, 0.1) is 0 Å². The number of aliphatic hydroxyl groups excluding tert-OH is 1. The van der Waals surface area contributed by atoms with Crippen LogP contribution in [0.5, 0.6) is 0 Å². The van der Waals surface area contributed by atoms with Crippen LogP contribution < -0.4 is 10.6 Å². The summed E-state index contributed by atoms with van der Waals surface area (Å²) in [5.74, 6) is -1.39. The number of rotatable bonds is 9. The molecule has 0 aromatic heterocycles. The molecule has 0 radical (unpaired) electrons. The van der Waals surface area contributed by atoms with Gasteiger partial charge in [0.2, 0.25) is 0 Å². The van der Waals surface area contributed by atoms with Crippen molar-refractivity contribution < 1.29 is 24.2 Å². The molecule has 0 heterocycles. The lowest BCUT2D eigenvalue weighted by Crippen LogP contribution is -2.43. The molecule has 0 aromatic carbocycles. The largest absolute Gasteiger partial charge is 0.396 e. The van der Waals surface area contributed by atoms with Crippen molar-refractivity contribution in [1.29, 1.82) is 0 Å². The molecule has 0 fully saturated rings. The zero-order chi connectivity index (χ0) is 13.8. The topological polar surface area (TPSA) is 96.9 Å². The highest BCUT2D eigenvalue weighted by atomic mass is 16.7. The van der Waals surface area contributed by atoms with Gasteiger partial charge in [-0.2, -0.15) is 0 Å². The molecule has 0 bridgehead atoms. The third-order valence-electron chi connectivity index (χ3n) is 2.28. The van der Waals surface area contributed by atoms with E-state index in [0.717, 1.165) is 12.8 Å². The predicted molar refractivity (Wildman–Crippen MR) is 64.8 cm³/mol.